The minimum atomic E-state index is -1.50. The number of rotatable bonds is 35. The van der Waals surface area contributed by atoms with Crippen LogP contribution in [0.15, 0.2) is 84.9 Å². The average Bonchev–Trinajstić information content (AvgIpc) is 3.36. The normalized spacial score (nSPS) is 15.1. The molecule has 1 aliphatic heterocycles. The van der Waals surface area contributed by atoms with E-state index in [0.29, 0.717) is 36.0 Å². The Morgan fingerprint density at radius 1 is 0.607 bits per heavy atom. The summed E-state index contributed by atoms with van der Waals surface area (Å²) in [4.78, 5) is 169. The number of likely N-dealkylation sites (tertiary alicyclic amines) is 1. The molecule has 0 aromatic heterocycles. The van der Waals surface area contributed by atoms with E-state index in [9.17, 15) is 63.0 Å². The Morgan fingerprint density at radius 3 is 1.72 bits per heavy atom. The van der Waals surface area contributed by atoms with Gasteiger partial charge in [0.2, 0.25) is 70.9 Å². The van der Waals surface area contributed by atoms with E-state index in [1.54, 1.807) is 93.6 Å². The molecule has 0 radical (unpaired) electrons. The Balaban J connectivity index is 1.59. The minimum Gasteiger partial charge on any atom is -0.508 e. The number of hydrogen-bond donors (Lipinski definition) is 11. The van der Waals surface area contributed by atoms with Gasteiger partial charge in [0, 0.05) is 59.9 Å². The zero-order valence-corrected chi connectivity index (χ0v) is 51.8. The van der Waals surface area contributed by atoms with E-state index >= 15 is 4.79 Å². The van der Waals surface area contributed by atoms with Crippen LogP contribution in [-0.4, -0.2) is 210 Å². The van der Waals surface area contributed by atoms with E-state index < -0.39 is 145 Å². The molecule has 1 heterocycles. The number of phenols is 1. The van der Waals surface area contributed by atoms with Crippen molar-refractivity contribution >= 4 is 70.9 Å². The van der Waals surface area contributed by atoms with Crippen molar-refractivity contribution in [2.45, 2.75) is 140 Å². The molecule has 0 saturated carbocycles. The Kier molecular flexibility index (Phi) is 29.6. The third-order valence-electron chi connectivity index (χ3n) is 15.2. The molecule has 4 rings (SSSR count). The van der Waals surface area contributed by atoms with Crippen LogP contribution < -0.4 is 48.7 Å². The molecule has 0 bridgehead atoms. The minimum absolute atomic E-state index is 0.0341. The number of phenolic OH excluding ortho intramolecular Hbond substituents is 1. The number of nitrogens with zero attached hydrogens (tertiary/aromatic N) is 4. The predicted molar refractivity (Wildman–Crippen MR) is 328 cm³/mol. The third-order valence-corrected chi connectivity index (χ3v) is 15.2. The second-order valence-electron chi connectivity index (χ2n) is 22.4. The van der Waals surface area contributed by atoms with Gasteiger partial charge in [-0.2, -0.15) is 0 Å². The highest BCUT2D eigenvalue weighted by atomic mass is 16.3. The Morgan fingerprint density at radius 2 is 1.16 bits per heavy atom. The SMILES string of the molecule is CCCCC[C@H](NC(=O)CNC(=O)[C@H](CO)NC(=O)[C@@H](NC(=O)CC)C(C)C)C(=O)N(C)[C@@H](Cc1ccccc1)C(=O)N(C)CC(=O)N[C@@H](Cc1ccc(O)cc1)C(=O)N(C)[C@@H](Cc1ccccc1)C(=O)N1CCC[C@H]1C(=O)N[C@@H](CN)C(=O)NCC(N)=O. The number of aromatic hydroxyl groups is 1. The standard InChI is InChI=1S/C62H89N13O14/c1-8-10-13-23-43(67-52(80)35-66-56(83)46(37-76)70-58(85)54(38(3)4)71-51(79)9-2)59(86)73(6)48(31-39-19-14-11-15-20-39)61(88)72(5)36-53(81)68-44(30-41-25-27-42(77)28-26-41)60(87)74(7)49(32-40-21-16-12-17-22-40)62(89)75-29-18-24-47(75)57(84)69-45(33-63)55(82)65-34-50(64)78/h11-12,14-17,19-22,25-28,38,43-49,54,76-77H,8-10,13,18,23-24,29-37,63H2,1-7H3,(H2,64,78)(H,65,82)(H,66,83)(H,67,80)(H,68,81)(H,69,84)(H,70,85)(H,71,79)/t43-,44-,45-,46-,47-,48-,49-,54-/m0/s1. The molecule has 0 unspecified atom stereocenters. The summed E-state index contributed by atoms with van der Waals surface area (Å²) in [5.41, 5.74) is 12.8. The largest absolute Gasteiger partial charge is 0.508 e. The van der Waals surface area contributed by atoms with Crippen LogP contribution in [0.1, 0.15) is 89.3 Å². The lowest BCUT2D eigenvalue weighted by molar-refractivity contribution is -0.149. The Bertz CT molecular complexity index is 2900. The summed E-state index contributed by atoms with van der Waals surface area (Å²) in [5, 5.41) is 37.9. The number of primary amides is 1. The van der Waals surface area contributed by atoms with Gasteiger partial charge in [0.25, 0.3) is 0 Å². The van der Waals surface area contributed by atoms with Crippen molar-refractivity contribution in [1.29, 1.82) is 0 Å². The zero-order chi connectivity index (χ0) is 65.9. The zero-order valence-electron chi connectivity index (χ0n) is 51.8. The maximum Gasteiger partial charge on any atom is 0.246 e. The number of unbranched alkanes of at least 4 members (excludes halogenated alkanes) is 2. The summed E-state index contributed by atoms with van der Waals surface area (Å²) < 4.78 is 0. The van der Waals surface area contributed by atoms with Crippen LogP contribution in [0.4, 0.5) is 0 Å². The number of carbonyl (C=O) groups excluding carboxylic acids is 12. The molecule has 89 heavy (non-hydrogen) atoms. The van der Waals surface area contributed by atoms with Crippen LogP contribution in [0.2, 0.25) is 0 Å². The number of nitrogens with two attached hydrogens (primary N) is 2. The molecule has 3 aromatic rings. The van der Waals surface area contributed by atoms with Gasteiger partial charge in [0.1, 0.15) is 54.1 Å². The molecule has 1 fully saturated rings. The molecule has 0 spiro atoms. The highest BCUT2D eigenvalue weighted by Crippen LogP contribution is 2.23. The van der Waals surface area contributed by atoms with Gasteiger partial charge >= 0.3 is 0 Å². The van der Waals surface area contributed by atoms with E-state index in [1.165, 1.54) is 48.0 Å². The molecule has 1 aliphatic rings. The predicted octanol–water partition coefficient (Wildman–Crippen LogP) is -1.74. The van der Waals surface area contributed by atoms with E-state index in [0.717, 1.165) is 11.3 Å². The number of amides is 12. The quantitative estimate of drug-likeness (QED) is 0.0292. The fraction of sp³-hybridized carbons (Fsp3) is 0.516. The van der Waals surface area contributed by atoms with Crippen molar-refractivity contribution in [2.75, 3.05) is 60.5 Å². The summed E-state index contributed by atoms with van der Waals surface area (Å²) in [6.45, 7) is 4.04. The van der Waals surface area contributed by atoms with E-state index in [2.05, 4.69) is 37.2 Å². The summed E-state index contributed by atoms with van der Waals surface area (Å²) in [7, 11) is 4.13. The average molecular weight is 1240 g/mol. The number of likely N-dealkylation sites (N-methyl/N-ethyl adjacent to an activating group) is 3. The van der Waals surface area contributed by atoms with Crippen molar-refractivity contribution in [2.24, 2.45) is 17.4 Å². The first-order valence-corrected chi connectivity index (χ1v) is 29.9. The summed E-state index contributed by atoms with van der Waals surface area (Å²) in [6.07, 6.45) is 2.49. The fourth-order valence-corrected chi connectivity index (χ4v) is 10.1. The van der Waals surface area contributed by atoms with Gasteiger partial charge in [0.05, 0.1) is 26.2 Å². The molecule has 486 valence electrons. The molecule has 13 N–H and O–H groups in total. The topological polar surface area (TPSA) is 395 Å². The van der Waals surface area contributed by atoms with Crippen molar-refractivity contribution < 1.29 is 67.7 Å². The summed E-state index contributed by atoms with van der Waals surface area (Å²) >= 11 is 0. The smallest absolute Gasteiger partial charge is 0.246 e. The van der Waals surface area contributed by atoms with Crippen LogP contribution in [0.3, 0.4) is 0 Å². The molecule has 3 aromatic carbocycles. The van der Waals surface area contributed by atoms with Gasteiger partial charge < -0.3 is 78.5 Å². The van der Waals surface area contributed by atoms with Gasteiger partial charge in [-0.05, 0) is 54.0 Å². The lowest BCUT2D eigenvalue weighted by atomic mass is 10.00. The second kappa shape index (κ2) is 36.4. The molecular weight excluding hydrogens is 1150 g/mol. The van der Waals surface area contributed by atoms with Crippen LogP contribution >= 0.6 is 0 Å². The van der Waals surface area contributed by atoms with Crippen LogP contribution in [0.5, 0.6) is 5.75 Å². The van der Waals surface area contributed by atoms with Gasteiger partial charge in [-0.1, -0.05) is 120 Å². The van der Waals surface area contributed by atoms with E-state index in [-0.39, 0.29) is 63.3 Å². The molecule has 27 heteroatoms. The molecule has 0 aliphatic carbocycles. The first-order valence-electron chi connectivity index (χ1n) is 29.9. The second-order valence-corrected chi connectivity index (χ2v) is 22.4. The number of carbonyl (C=O) groups is 12. The number of hydrogen-bond acceptors (Lipinski definition) is 15. The van der Waals surface area contributed by atoms with Crippen LogP contribution in [0, 0.1) is 5.92 Å². The first kappa shape index (κ1) is 72.5. The van der Waals surface area contributed by atoms with Crippen LogP contribution in [-0.2, 0) is 76.8 Å². The summed E-state index contributed by atoms with van der Waals surface area (Å²) in [6, 6.07) is 13.4. The molecule has 12 amide bonds. The van der Waals surface area contributed by atoms with Crippen LogP contribution in [0.25, 0.3) is 0 Å². The van der Waals surface area contributed by atoms with Gasteiger partial charge in [-0.15, -0.1) is 0 Å². The molecule has 1 saturated heterocycles. The van der Waals surface area contributed by atoms with Crippen molar-refractivity contribution in [3.05, 3.63) is 102 Å². The maximum absolute atomic E-state index is 15.1. The van der Waals surface area contributed by atoms with Gasteiger partial charge in [-0.3, -0.25) is 57.5 Å². The van der Waals surface area contributed by atoms with E-state index in [4.69, 9.17) is 11.5 Å². The molecular formula is C62H89N13O14. The number of aliphatic hydroxyl groups excluding tert-OH is 1. The lowest BCUT2D eigenvalue weighted by Crippen LogP contribution is -2.60. The lowest BCUT2D eigenvalue weighted by Gasteiger charge is -2.35. The molecule has 8 atom stereocenters. The van der Waals surface area contributed by atoms with Crippen molar-refractivity contribution in [1.82, 2.24) is 56.8 Å². The number of nitrogens with one attached hydrogen (secondary N) is 7. The van der Waals surface area contributed by atoms with Crippen molar-refractivity contribution in [3.8, 4) is 5.75 Å². The maximum atomic E-state index is 15.1. The Hall–Kier alpha value is -8.98. The third kappa shape index (κ3) is 22.6. The first-order chi connectivity index (χ1) is 42.3. The highest BCUT2D eigenvalue weighted by Gasteiger charge is 2.42. The highest BCUT2D eigenvalue weighted by molar-refractivity contribution is 5.98. The monoisotopic (exact) mass is 1240 g/mol. The van der Waals surface area contributed by atoms with E-state index in [1.807, 2.05) is 6.92 Å². The molecule has 27 nitrogen and oxygen atoms in total. The number of benzene rings is 3. The van der Waals surface area contributed by atoms with Crippen molar-refractivity contribution in [3.63, 3.8) is 0 Å². The fourth-order valence-electron chi connectivity index (χ4n) is 10.1. The van der Waals surface area contributed by atoms with Gasteiger partial charge in [-0.25, -0.2) is 0 Å². The van der Waals surface area contributed by atoms with Gasteiger partial charge in [0.15, 0.2) is 0 Å². The number of aliphatic hydroxyl groups is 1. The Labute approximate surface area is 519 Å². The summed E-state index contributed by atoms with van der Waals surface area (Å²) in [5.74, 6) is -9.09.